The standard InChI is InChI=1S/C4H4N2O2/c7-4-3-6-5-1-2-8-4/h1,3H,2H2. The van der Waals surface area contributed by atoms with Crippen LogP contribution in [0.25, 0.3) is 0 Å². The van der Waals surface area contributed by atoms with Gasteiger partial charge in [0.2, 0.25) is 0 Å². The summed E-state index contributed by atoms with van der Waals surface area (Å²) in [6.07, 6.45) is 2.45. The minimum atomic E-state index is -0.442. The van der Waals surface area contributed by atoms with Crippen LogP contribution >= 0.6 is 0 Å². The maximum absolute atomic E-state index is 10.2. The van der Waals surface area contributed by atoms with E-state index in [0.717, 1.165) is 6.21 Å². The number of hydrogen-bond acceptors (Lipinski definition) is 4. The van der Waals surface area contributed by atoms with Crippen LogP contribution in [-0.4, -0.2) is 25.0 Å². The lowest BCUT2D eigenvalue weighted by molar-refractivity contribution is -0.133. The molecule has 0 fully saturated rings. The molecule has 0 saturated carbocycles. The molecule has 0 N–H and O–H groups in total. The van der Waals surface area contributed by atoms with Gasteiger partial charge in [-0.3, -0.25) is 0 Å². The minimum absolute atomic E-state index is 0.221. The Hall–Kier alpha value is -1.19. The van der Waals surface area contributed by atoms with Gasteiger partial charge >= 0.3 is 5.97 Å². The smallest absolute Gasteiger partial charge is 0.351 e. The summed E-state index contributed by atoms with van der Waals surface area (Å²) in [5.74, 6) is -0.442. The molecular weight excluding hydrogens is 108 g/mol. The van der Waals surface area contributed by atoms with Crippen LogP contribution in [0.4, 0.5) is 0 Å². The van der Waals surface area contributed by atoms with Crippen molar-refractivity contribution in [2.45, 2.75) is 0 Å². The molecule has 4 nitrogen and oxygen atoms in total. The van der Waals surface area contributed by atoms with Crippen molar-refractivity contribution in [3.8, 4) is 0 Å². The Morgan fingerprint density at radius 2 is 2.50 bits per heavy atom. The molecule has 0 unspecified atom stereocenters. The third-order valence-electron chi connectivity index (χ3n) is 0.612. The van der Waals surface area contributed by atoms with Crippen molar-refractivity contribution in [2.24, 2.45) is 10.2 Å². The van der Waals surface area contributed by atoms with E-state index in [1.807, 2.05) is 0 Å². The largest absolute Gasteiger partial charge is 0.455 e. The second-order valence-corrected chi connectivity index (χ2v) is 1.17. The lowest BCUT2D eigenvalue weighted by Gasteiger charge is -1.88. The van der Waals surface area contributed by atoms with Gasteiger partial charge < -0.3 is 4.74 Å². The average molecular weight is 112 g/mol. The van der Waals surface area contributed by atoms with Crippen LogP contribution in [0.15, 0.2) is 10.2 Å². The summed E-state index contributed by atoms with van der Waals surface area (Å²) in [7, 11) is 0. The Bertz CT molecular complexity index is 150. The number of carbonyl (C=O) groups is 1. The summed E-state index contributed by atoms with van der Waals surface area (Å²) in [4.78, 5) is 10.2. The highest BCUT2D eigenvalue weighted by Crippen LogP contribution is 1.79. The van der Waals surface area contributed by atoms with Gasteiger partial charge in [-0.1, -0.05) is 0 Å². The van der Waals surface area contributed by atoms with Crippen molar-refractivity contribution in [1.29, 1.82) is 0 Å². The van der Waals surface area contributed by atoms with Gasteiger partial charge in [-0.15, -0.1) is 0 Å². The lowest BCUT2D eigenvalue weighted by atomic mass is 10.7. The van der Waals surface area contributed by atoms with Gasteiger partial charge in [-0.05, 0) is 0 Å². The van der Waals surface area contributed by atoms with Crippen LogP contribution in [0.5, 0.6) is 0 Å². The van der Waals surface area contributed by atoms with Gasteiger partial charge in [0.05, 0.1) is 6.21 Å². The van der Waals surface area contributed by atoms with Gasteiger partial charge in [-0.2, -0.15) is 10.2 Å². The highest BCUT2D eigenvalue weighted by molar-refractivity contribution is 6.23. The highest BCUT2D eigenvalue weighted by atomic mass is 16.5. The zero-order valence-electron chi connectivity index (χ0n) is 4.07. The van der Waals surface area contributed by atoms with E-state index in [9.17, 15) is 4.79 Å². The van der Waals surface area contributed by atoms with Gasteiger partial charge in [-0.25, -0.2) is 4.79 Å². The maximum Gasteiger partial charge on any atom is 0.351 e. The first kappa shape index (κ1) is 4.96. The van der Waals surface area contributed by atoms with Crippen LogP contribution < -0.4 is 0 Å². The second kappa shape index (κ2) is 2.20. The quantitative estimate of drug-likeness (QED) is 0.400. The van der Waals surface area contributed by atoms with E-state index in [4.69, 9.17) is 0 Å². The van der Waals surface area contributed by atoms with Crippen LogP contribution in [-0.2, 0) is 9.53 Å². The van der Waals surface area contributed by atoms with Gasteiger partial charge in [0.25, 0.3) is 0 Å². The molecule has 1 aliphatic rings. The van der Waals surface area contributed by atoms with Crippen molar-refractivity contribution in [3.05, 3.63) is 0 Å². The van der Waals surface area contributed by atoms with Crippen molar-refractivity contribution >= 4 is 18.4 Å². The summed E-state index contributed by atoms with van der Waals surface area (Å²) in [5.41, 5.74) is 0. The van der Waals surface area contributed by atoms with Gasteiger partial charge in [0.15, 0.2) is 0 Å². The van der Waals surface area contributed by atoms with E-state index < -0.39 is 5.97 Å². The molecule has 1 aliphatic heterocycles. The van der Waals surface area contributed by atoms with Gasteiger partial charge in [0, 0.05) is 0 Å². The zero-order chi connectivity index (χ0) is 5.82. The van der Waals surface area contributed by atoms with Crippen molar-refractivity contribution in [1.82, 2.24) is 0 Å². The number of hydrogen-bond donors (Lipinski definition) is 0. The topological polar surface area (TPSA) is 51.0 Å². The summed E-state index contributed by atoms with van der Waals surface area (Å²) >= 11 is 0. The number of esters is 1. The van der Waals surface area contributed by atoms with Crippen LogP contribution in [0.3, 0.4) is 0 Å². The molecule has 0 saturated heterocycles. The SMILES string of the molecule is O=C1C=NN=CCO1. The number of ether oxygens (including phenoxy) is 1. The summed E-state index contributed by atoms with van der Waals surface area (Å²) in [5, 5.41) is 6.74. The monoisotopic (exact) mass is 112 g/mol. The second-order valence-electron chi connectivity index (χ2n) is 1.17. The number of rotatable bonds is 0. The minimum Gasteiger partial charge on any atom is -0.455 e. The molecule has 0 atom stereocenters. The Kier molecular flexibility index (Phi) is 1.37. The molecule has 0 aromatic heterocycles. The van der Waals surface area contributed by atoms with Crippen molar-refractivity contribution < 1.29 is 9.53 Å². The molecule has 42 valence electrons. The zero-order valence-corrected chi connectivity index (χ0v) is 4.07. The first-order valence-corrected chi connectivity index (χ1v) is 2.11. The molecule has 8 heavy (non-hydrogen) atoms. The van der Waals surface area contributed by atoms with Crippen molar-refractivity contribution in [2.75, 3.05) is 6.61 Å². The molecule has 0 aromatic carbocycles. The fraction of sp³-hybridized carbons (Fsp3) is 0.250. The first-order chi connectivity index (χ1) is 3.89. The molecule has 0 aliphatic carbocycles. The molecular formula is C4H4N2O2. The van der Waals surface area contributed by atoms with E-state index in [0.29, 0.717) is 0 Å². The normalized spacial score (nSPS) is 17.8. The van der Waals surface area contributed by atoms with Crippen LogP contribution in [0.1, 0.15) is 0 Å². The molecule has 0 aromatic rings. The average Bonchev–Trinajstić information content (AvgIpc) is 1.94. The molecule has 1 heterocycles. The summed E-state index contributed by atoms with van der Waals surface area (Å²) in [6.45, 7) is 0.221. The predicted molar refractivity (Wildman–Crippen MR) is 27.9 cm³/mol. The van der Waals surface area contributed by atoms with Gasteiger partial charge in [0.1, 0.15) is 12.8 Å². The Labute approximate surface area is 45.9 Å². The summed E-state index contributed by atoms with van der Waals surface area (Å²) < 4.78 is 4.47. The van der Waals surface area contributed by atoms with E-state index in [1.165, 1.54) is 6.21 Å². The third-order valence-corrected chi connectivity index (χ3v) is 0.612. The van der Waals surface area contributed by atoms with E-state index in [2.05, 4.69) is 14.9 Å². The first-order valence-electron chi connectivity index (χ1n) is 2.11. The molecule has 0 bridgehead atoms. The molecule has 1 rings (SSSR count). The van der Waals surface area contributed by atoms with E-state index in [-0.39, 0.29) is 6.61 Å². The predicted octanol–water partition coefficient (Wildman–Crippen LogP) is -0.400. The molecule has 0 spiro atoms. The number of carbonyl (C=O) groups excluding carboxylic acids is 1. The highest BCUT2D eigenvalue weighted by Gasteiger charge is 1.96. The van der Waals surface area contributed by atoms with E-state index >= 15 is 0 Å². The molecule has 4 heteroatoms. The molecule has 0 radical (unpaired) electrons. The lowest BCUT2D eigenvalue weighted by Crippen LogP contribution is -2.04. The number of nitrogens with zero attached hydrogens (tertiary/aromatic N) is 2. The van der Waals surface area contributed by atoms with Crippen LogP contribution in [0, 0.1) is 0 Å². The molecule has 0 amide bonds. The third kappa shape index (κ3) is 1.14. The van der Waals surface area contributed by atoms with Crippen molar-refractivity contribution in [3.63, 3.8) is 0 Å². The maximum atomic E-state index is 10.2. The summed E-state index contributed by atoms with van der Waals surface area (Å²) in [6, 6.07) is 0. The van der Waals surface area contributed by atoms with Crippen LogP contribution in [0.2, 0.25) is 0 Å². The fourth-order valence-corrected chi connectivity index (χ4v) is 0.318. The Balaban J connectivity index is 2.58. The fourth-order valence-electron chi connectivity index (χ4n) is 0.318. The Morgan fingerprint density at radius 3 is 3.38 bits per heavy atom. The number of cyclic esters (lactones) is 1. The Morgan fingerprint density at radius 1 is 1.62 bits per heavy atom. The van der Waals surface area contributed by atoms with E-state index in [1.54, 1.807) is 0 Å².